The minimum Gasteiger partial charge on any atom is -0.352 e. The molecule has 24 heavy (non-hydrogen) atoms. The Hall–Kier alpha value is -1.74. The molecule has 1 amide bonds. The van der Waals surface area contributed by atoms with Crippen LogP contribution in [-0.4, -0.2) is 11.9 Å². The Balaban J connectivity index is 1.65. The molecule has 2 aromatic rings. The first-order chi connectivity index (χ1) is 11.6. The van der Waals surface area contributed by atoms with Crippen molar-refractivity contribution in [1.29, 1.82) is 0 Å². The largest absolute Gasteiger partial charge is 0.352 e. The van der Waals surface area contributed by atoms with E-state index in [1.54, 1.807) is 0 Å². The first-order valence-electron chi connectivity index (χ1n) is 8.72. The average Bonchev–Trinajstić information content (AvgIpc) is 2.58. The summed E-state index contributed by atoms with van der Waals surface area (Å²) in [6, 6.07) is 15.8. The van der Waals surface area contributed by atoms with E-state index < -0.39 is 0 Å². The van der Waals surface area contributed by atoms with Crippen LogP contribution in [0.2, 0.25) is 0 Å². The van der Waals surface area contributed by atoms with Gasteiger partial charge in [0.15, 0.2) is 0 Å². The number of fused-ring (bicyclic) bond motifs is 3. The zero-order chi connectivity index (χ0) is 16.7. The number of rotatable bonds is 2. The van der Waals surface area contributed by atoms with Crippen LogP contribution in [0.4, 0.5) is 0 Å². The predicted octanol–water partition coefficient (Wildman–Crippen LogP) is 4.63. The van der Waals surface area contributed by atoms with Crippen LogP contribution < -0.4 is 5.32 Å². The Labute approximate surface area is 148 Å². The summed E-state index contributed by atoms with van der Waals surface area (Å²) in [6.45, 7) is 4.49. The van der Waals surface area contributed by atoms with Gasteiger partial charge in [0, 0.05) is 27.7 Å². The van der Waals surface area contributed by atoms with Crippen molar-refractivity contribution in [1.82, 2.24) is 5.32 Å². The highest BCUT2D eigenvalue weighted by Crippen LogP contribution is 2.44. The Morgan fingerprint density at radius 2 is 2.00 bits per heavy atom. The molecular formula is C21H23NOS. The van der Waals surface area contributed by atoms with Gasteiger partial charge in [0.1, 0.15) is 0 Å². The van der Waals surface area contributed by atoms with Crippen molar-refractivity contribution in [3.8, 4) is 0 Å². The summed E-state index contributed by atoms with van der Waals surface area (Å²) in [5, 5.41) is 3.22. The lowest BCUT2D eigenvalue weighted by atomic mass is 9.64. The van der Waals surface area contributed by atoms with Crippen LogP contribution in [0.15, 0.2) is 52.3 Å². The Morgan fingerprint density at radius 3 is 2.83 bits per heavy atom. The molecule has 2 aliphatic rings. The normalized spacial score (nSPS) is 25.6. The van der Waals surface area contributed by atoms with E-state index in [4.69, 9.17) is 0 Å². The molecular weight excluding hydrogens is 314 g/mol. The summed E-state index contributed by atoms with van der Waals surface area (Å²) in [4.78, 5) is 14.4. The van der Waals surface area contributed by atoms with Crippen LogP contribution >= 0.6 is 11.8 Å². The van der Waals surface area contributed by atoms with E-state index >= 15 is 0 Å². The van der Waals surface area contributed by atoms with Gasteiger partial charge in [-0.15, -0.1) is 0 Å². The van der Waals surface area contributed by atoms with E-state index in [2.05, 4.69) is 61.6 Å². The number of nitrogens with one attached hydrogen (secondary N) is 1. The molecule has 124 valence electrons. The third-order valence-electron chi connectivity index (χ3n) is 5.69. The van der Waals surface area contributed by atoms with Crippen LogP contribution in [0.3, 0.4) is 0 Å². The maximum absolute atomic E-state index is 11.7. The molecule has 1 heterocycles. The molecule has 1 fully saturated rings. The topological polar surface area (TPSA) is 29.1 Å². The summed E-state index contributed by atoms with van der Waals surface area (Å²) in [7, 11) is 0. The van der Waals surface area contributed by atoms with Gasteiger partial charge in [-0.05, 0) is 61.1 Å². The van der Waals surface area contributed by atoms with E-state index in [1.807, 2.05) is 11.8 Å². The molecule has 0 unspecified atom stereocenters. The second-order valence-electron chi connectivity index (χ2n) is 7.26. The Morgan fingerprint density at radius 1 is 1.17 bits per heavy atom. The van der Waals surface area contributed by atoms with Gasteiger partial charge in [-0.25, -0.2) is 0 Å². The monoisotopic (exact) mass is 337 g/mol. The van der Waals surface area contributed by atoms with Gasteiger partial charge in [-0.2, -0.15) is 0 Å². The molecule has 1 saturated heterocycles. The fraction of sp³-hybridized carbons (Fsp3) is 0.381. The van der Waals surface area contributed by atoms with Crippen molar-refractivity contribution in [3.05, 3.63) is 59.2 Å². The van der Waals surface area contributed by atoms with Crippen molar-refractivity contribution >= 4 is 17.7 Å². The van der Waals surface area contributed by atoms with Gasteiger partial charge >= 0.3 is 0 Å². The number of piperidine rings is 1. The van der Waals surface area contributed by atoms with Crippen LogP contribution in [0.1, 0.15) is 42.9 Å². The van der Waals surface area contributed by atoms with E-state index in [1.165, 1.54) is 26.5 Å². The Kier molecular flexibility index (Phi) is 3.92. The Bertz CT molecular complexity index is 800. The van der Waals surface area contributed by atoms with Crippen LogP contribution in [-0.2, 0) is 16.6 Å². The molecule has 1 aliphatic carbocycles. The fourth-order valence-electron chi connectivity index (χ4n) is 4.18. The maximum atomic E-state index is 11.7. The summed E-state index contributed by atoms with van der Waals surface area (Å²) < 4.78 is 0. The average molecular weight is 337 g/mol. The molecule has 0 bridgehead atoms. The second kappa shape index (κ2) is 5.96. The van der Waals surface area contributed by atoms with Gasteiger partial charge in [0.2, 0.25) is 5.91 Å². The second-order valence-corrected chi connectivity index (χ2v) is 8.38. The molecule has 4 rings (SSSR count). The zero-order valence-corrected chi connectivity index (χ0v) is 15.1. The minimum atomic E-state index is 0.0906. The summed E-state index contributed by atoms with van der Waals surface area (Å²) >= 11 is 1.85. The van der Waals surface area contributed by atoms with Gasteiger partial charge in [-0.3, -0.25) is 4.79 Å². The SMILES string of the molecule is Cc1ccccc1Sc1ccc2c(c1)CC[C@H]1NC(=O)CC[C@]21C. The molecule has 1 N–H and O–H groups in total. The number of hydrogen-bond acceptors (Lipinski definition) is 2. The zero-order valence-electron chi connectivity index (χ0n) is 14.3. The third kappa shape index (κ3) is 2.65. The van der Waals surface area contributed by atoms with Crippen molar-refractivity contribution in [2.24, 2.45) is 0 Å². The third-order valence-corrected chi connectivity index (χ3v) is 6.86. The number of carbonyl (C=O) groups is 1. The number of amides is 1. The van der Waals surface area contributed by atoms with Crippen LogP contribution in [0.25, 0.3) is 0 Å². The van der Waals surface area contributed by atoms with Crippen LogP contribution in [0, 0.1) is 6.92 Å². The maximum Gasteiger partial charge on any atom is 0.220 e. The molecule has 0 spiro atoms. The number of aryl methyl sites for hydroxylation is 2. The first-order valence-corrected chi connectivity index (χ1v) is 9.54. The number of hydrogen-bond donors (Lipinski definition) is 1. The lowest BCUT2D eigenvalue weighted by Crippen LogP contribution is -2.55. The molecule has 1 aliphatic heterocycles. The van der Waals surface area contributed by atoms with Gasteiger partial charge in [0.05, 0.1) is 0 Å². The smallest absolute Gasteiger partial charge is 0.220 e. The number of benzene rings is 2. The van der Waals surface area contributed by atoms with E-state index in [0.717, 1.165) is 19.3 Å². The summed E-state index contributed by atoms with van der Waals surface area (Å²) in [6.07, 6.45) is 3.71. The highest BCUT2D eigenvalue weighted by atomic mass is 32.2. The lowest BCUT2D eigenvalue weighted by molar-refractivity contribution is -0.125. The number of carbonyl (C=O) groups excluding carboxylic acids is 1. The highest BCUT2D eigenvalue weighted by Gasteiger charge is 2.43. The highest BCUT2D eigenvalue weighted by molar-refractivity contribution is 7.99. The molecule has 2 nitrogen and oxygen atoms in total. The summed E-state index contributed by atoms with van der Waals surface area (Å²) in [5.74, 6) is 0.215. The lowest BCUT2D eigenvalue weighted by Gasteiger charge is -2.46. The van der Waals surface area contributed by atoms with Crippen molar-refractivity contribution in [2.75, 3.05) is 0 Å². The van der Waals surface area contributed by atoms with Gasteiger partial charge in [-0.1, -0.05) is 43.0 Å². The first kappa shape index (κ1) is 15.8. The molecule has 2 aromatic carbocycles. The van der Waals surface area contributed by atoms with E-state index in [-0.39, 0.29) is 11.3 Å². The molecule has 2 atom stereocenters. The summed E-state index contributed by atoms with van der Waals surface area (Å²) in [5.41, 5.74) is 4.31. The van der Waals surface area contributed by atoms with E-state index in [9.17, 15) is 4.79 Å². The predicted molar refractivity (Wildman–Crippen MR) is 98.6 cm³/mol. The fourth-order valence-corrected chi connectivity index (χ4v) is 5.15. The van der Waals surface area contributed by atoms with Gasteiger partial charge in [0.25, 0.3) is 0 Å². The van der Waals surface area contributed by atoms with Crippen LogP contribution in [0.5, 0.6) is 0 Å². The molecule has 3 heteroatoms. The van der Waals surface area contributed by atoms with Gasteiger partial charge < -0.3 is 5.32 Å². The minimum absolute atomic E-state index is 0.0906. The van der Waals surface area contributed by atoms with E-state index in [0.29, 0.717) is 12.5 Å². The van der Waals surface area contributed by atoms with Crippen molar-refractivity contribution < 1.29 is 4.79 Å². The quantitative estimate of drug-likeness (QED) is 0.866. The molecule has 0 radical (unpaired) electrons. The van der Waals surface area contributed by atoms with Crippen molar-refractivity contribution in [2.45, 2.75) is 60.8 Å². The molecule has 0 aromatic heterocycles. The standard InChI is InChI=1S/C21H23NOS/c1-14-5-3-4-6-18(14)24-16-8-9-17-15(13-16)7-10-19-21(17,2)12-11-20(23)22-19/h3-6,8-9,13,19H,7,10-12H2,1-2H3,(H,22,23)/t19-,21-/m1/s1. The van der Waals surface area contributed by atoms with Crippen molar-refractivity contribution in [3.63, 3.8) is 0 Å². The molecule has 0 saturated carbocycles.